The first-order valence-corrected chi connectivity index (χ1v) is 6.13. The number of furan rings is 1. The van der Waals surface area contributed by atoms with Gasteiger partial charge in [-0.3, -0.25) is 0 Å². The minimum atomic E-state index is -0.471. The van der Waals surface area contributed by atoms with Gasteiger partial charge >= 0.3 is 0 Å². The van der Waals surface area contributed by atoms with Crippen molar-refractivity contribution in [2.75, 3.05) is 7.05 Å². The molecule has 1 aliphatic carbocycles. The van der Waals surface area contributed by atoms with Gasteiger partial charge in [-0.15, -0.1) is 0 Å². The van der Waals surface area contributed by atoms with Gasteiger partial charge in [0.15, 0.2) is 11.4 Å². The smallest absolute Gasteiger partial charge is 0.184 e. The van der Waals surface area contributed by atoms with E-state index in [1.54, 1.807) is 12.1 Å². The Bertz CT molecular complexity index is 562. The van der Waals surface area contributed by atoms with Crippen molar-refractivity contribution in [2.45, 2.75) is 18.9 Å². The number of rotatable bonds is 3. The fraction of sp³-hybridized carbons (Fsp3) is 0.385. The summed E-state index contributed by atoms with van der Waals surface area (Å²) in [7, 11) is 1.90. The quantitative estimate of drug-likeness (QED) is 0.898. The van der Waals surface area contributed by atoms with Crippen molar-refractivity contribution >= 4 is 22.6 Å². The molecule has 1 fully saturated rings. The molecule has 1 N–H and O–H groups in total. The predicted octanol–water partition coefficient (Wildman–Crippen LogP) is 3.90. The SMILES string of the molecule is CNC(c1cc2ccc(Cl)c(F)c2o1)C1CC1. The first-order chi connectivity index (χ1) is 8.20. The molecule has 4 heteroatoms. The second kappa shape index (κ2) is 4.00. The average molecular weight is 254 g/mol. The van der Waals surface area contributed by atoms with Gasteiger partial charge in [0.2, 0.25) is 0 Å². The van der Waals surface area contributed by atoms with E-state index in [0.717, 1.165) is 11.1 Å². The van der Waals surface area contributed by atoms with Crippen LogP contribution in [-0.2, 0) is 0 Å². The van der Waals surface area contributed by atoms with Crippen LogP contribution in [0.25, 0.3) is 11.0 Å². The van der Waals surface area contributed by atoms with E-state index in [1.165, 1.54) is 12.8 Å². The molecular formula is C13H13ClFNO. The zero-order valence-electron chi connectivity index (χ0n) is 9.47. The van der Waals surface area contributed by atoms with Gasteiger partial charge in [0.25, 0.3) is 0 Å². The van der Waals surface area contributed by atoms with Gasteiger partial charge in [-0.25, -0.2) is 4.39 Å². The number of nitrogens with one attached hydrogen (secondary N) is 1. The minimum Gasteiger partial charge on any atom is -0.456 e. The number of hydrogen-bond donors (Lipinski definition) is 1. The summed E-state index contributed by atoms with van der Waals surface area (Å²) in [6.45, 7) is 0. The summed E-state index contributed by atoms with van der Waals surface area (Å²) in [5.74, 6) is 0.936. The summed E-state index contributed by atoms with van der Waals surface area (Å²) in [4.78, 5) is 0. The van der Waals surface area contributed by atoms with Crippen molar-refractivity contribution in [3.8, 4) is 0 Å². The van der Waals surface area contributed by atoms with Crippen LogP contribution in [0, 0.1) is 11.7 Å². The normalized spacial score (nSPS) is 17.6. The Hall–Kier alpha value is -1.06. The van der Waals surface area contributed by atoms with Gasteiger partial charge in [-0.05, 0) is 44.0 Å². The highest BCUT2D eigenvalue weighted by atomic mass is 35.5. The largest absolute Gasteiger partial charge is 0.456 e. The summed E-state index contributed by atoms with van der Waals surface area (Å²) >= 11 is 5.73. The highest BCUT2D eigenvalue weighted by Gasteiger charge is 2.33. The second-order valence-electron chi connectivity index (χ2n) is 4.53. The summed E-state index contributed by atoms with van der Waals surface area (Å²) in [6.07, 6.45) is 2.40. The minimum absolute atomic E-state index is 0.103. The van der Waals surface area contributed by atoms with E-state index in [9.17, 15) is 4.39 Å². The van der Waals surface area contributed by atoms with Crippen molar-refractivity contribution in [3.63, 3.8) is 0 Å². The van der Waals surface area contributed by atoms with E-state index in [1.807, 2.05) is 13.1 Å². The van der Waals surface area contributed by atoms with E-state index >= 15 is 0 Å². The van der Waals surface area contributed by atoms with Crippen LogP contribution in [0.3, 0.4) is 0 Å². The second-order valence-corrected chi connectivity index (χ2v) is 4.94. The zero-order valence-corrected chi connectivity index (χ0v) is 10.2. The fourth-order valence-electron chi connectivity index (χ4n) is 2.26. The van der Waals surface area contributed by atoms with Crippen LogP contribution in [0.15, 0.2) is 22.6 Å². The number of halogens is 2. The van der Waals surface area contributed by atoms with Crippen LogP contribution < -0.4 is 5.32 Å². The third-order valence-electron chi connectivity index (χ3n) is 3.31. The lowest BCUT2D eigenvalue weighted by atomic mass is 10.1. The lowest BCUT2D eigenvalue weighted by molar-refractivity contribution is 0.413. The monoisotopic (exact) mass is 253 g/mol. The molecule has 17 heavy (non-hydrogen) atoms. The van der Waals surface area contributed by atoms with Gasteiger partial charge in [0.1, 0.15) is 5.76 Å². The van der Waals surface area contributed by atoms with E-state index in [0.29, 0.717) is 5.92 Å². The number of fused-ring (bicyclic) bond motifs is 1. The Morgan fingerprint density at radius 2 is 2.24 bits per heavy atom. The molecule has 0 radical (unpaired) electrons. The Morgan fingerprint density at radius 3 is 2.88 bits per heavy atom. The van der Waals surface area contributed by atoms with Crippen molar-refractivity contribution in [2.24, 2.45) is 5.92 Å². The van der Waals surface area contributed by atoms with Gasteiger partial charge < -0.3 is 9.73 Å². The first-order valence-electron chi connectivity index (χ1n) is 5.75. The molecule has 1 atom stereocenters. The molecule has 90 valence electrons. The molecule has 1 aliphatic rings. The molecule has 1 unspecified atom stereocenters. The third kappa shape index (κ3) is 1.83. The van der Waals surface area contributed by atoms with Crippen LogP contribution in [0.5, 0.6) is 0 Å². The summed E-state index contributed by atoms with van der Waals surface area (Å²) in [6, 6.07) is 5.42. The van der Waals surface area contributed by atoms with Crippen LogP contribution in [0.1, 0.15) is 24.6 Å². The Labute approximate surface area is 104 Å². The van der Waals surface area contributed by atoms with Crippen LogP contribution in [0.4, 0.5) is 4.39 Å². The molecule has 3 rings (SSSR count). The Kier molecular flexibility index (Phi) is 2.60. The van der Waals surface area contributed by atoms with Crippen molar-refractivity contribution in [1.29, 1.82) is 0 Å². The standard InChI is InChI=1S/C13H13ClFNO/c1-16-12(7-2-3-7)10-6-8-4-5-9(14)11(15)13(8)17-10/h4-7,12,16H,2-3H2,1H3. The summed E-state index contributed by atoms with van der Waals surface area (Å²) in [5, 5.41) is 4.10. The molecule has 0 spiro atoms. The summed E-state index contributed by atoms with van der Waals surface area (Å²) < 4.78 is 19.4. The highest BCUT2D eigenvalue weighted by molar-refractivity contribution is 6.31. The lowest BCUT2D eigenvalue weighted by Crippen LogP contribution is -2.17. The lowest BCUT2D eigenvalue weighted by Gasteiger charge is -2.11. The fourth-order valence-corrected chi connectivity index (χ4v) is 2.41. The van der Waals surface area contributed by atoms with Crippen molar-refractivity contribution < 1.29 is 8.81 Å². The van der Waals surface area contributed by atoms with Crippen LogP contribution in [0.2, 0.25) is 5.02 Å². The molecule has 1 saturated carbocycles. The van der Waals surface area contributed by atoms with Crippen molar-refractivity contribution in [3.05, 3.63) is 34.8 Å². The molecule has 2 aromatic rings. The van der Waals surface area contributed by atoms with E-state index in [4.69, 9.17) is 16.0 Å². The van der Waals surface area contributed by atoms with Crippen molar-refractivity contribution in [1.82, 2.24) is 5.32 Å². The highest BCUT2D eigenvalue weighted by Crippen LogP contribution is 2.42. The zero-order chi connectivity index (χ0) is 12.0. The van der Waals surface area contributed by atoms with Gasteiger partial charge in [0, 0.05) is 5.39 Å². The van der Waals surface area contributed by atoms with Gasteiger partial charge in [0.05, 0.1) is 11.1 Å². The third-order valence-corrected chi connectivity index (χ3v) is 3.60. The molecule has 0 saturated heterocycles. The first kappa shape index (κ1) is 11.1. The molecule has 0 bridgehead atoms. The van der Waals surface area contributed by atoms with E-state index in [-0.39, 0.29) is 16.6 Å². The maximum Gasteiger partial charge on any atom is 0.184 e. The van der Waals surface area contributed by atoms with Crippen LogP contribution in [-0.4, -0.2) is 7.05 Å². The van der Waals surface area contributed by atoms with Gasteiger partial charge in [-0.1, -0.05) is 11.6 Å². The maximum atomic E-state index is 13.7. The molecule has 1 aromatic heterocycles. The molecular weight excluding hydrogens is 241 g/mol. The molecule has 0 amide bonds. The van der Waals surface area contributed by atoms with Gasteiger partial charge in [-0.2, -0.15) is 0 Å². The molecule has 0 aliphatic heterocycles. The van der Waals surface area contributed by atoms with E-state index in [2.05, 4.69) is 5.32 Å². The average Bonchev–Trinajstić information content (AvgIpc) is 3.05. The summed E-state index contributed by atoms with van der Waals surface area (Å²) in [5.41, 5.74) is 0.258. The molecule has 2 nitrogen and oxygen atoms in total. The number of hydrogen-bond acceptors (Lipinski definition) is 2. The molecule has 1 aromatic carbocycles. The topological polar surface area (TPSA) is 25.2 Å². The van der Waals surface area contributed by atoms with Crippen LogP contribution >= 0.6 is 11.6 Å². The Morgan fingerprint density at radius 1 is 1.47 bits per heavy atom. The predicted molar refractivity (Wildman–Crippen MR) is 65.7 cm³/mol. The Balaban J connectivity index is 2.09. The number of benzene rings is 1. The maximum absolute atomic E-state index is 13.7. The molecule has 1 heterocycles. The van der Waals surface area contributed by atoms with E-state index < -0.39 is 5.82 Å².